The lowest BCUT2D eigenvalue weighted by Crippen LogP contribution is -2.50. The van der Waals surface area contributed by atoms with Gasteiger partial charge in [0, 0.05) is 27.6 Å². The van der Waals surface area contributed by atoms with Crippen LogP contribution in [0.2, 0.25) is 5.02 Å². The summed E-state index contributed by atoms with van der Waals surface area (Å²) in [6.45, 7) is 5.78. The van der Waals surface area contributed by atoms with E-state index in [1.807, 2.05) is 38.1 Å². The van der Waals surface area contributed by atoms with Crippen LogP contribution < -0.4 is 5.32 Å². The van der Waals surface area contributed by atoms with E-state index in [4.69, 9.17) is 11.6 Å². The van der Waals surface area contributed by atoms with Crippen LogP contribution in [0.1, 0.15) is 38.3 Å². The number of halogens is 3. The van der Waals surface area contributed by atoms with Crippen LogP contribution in [0.15, 0.2) is 46.9 Å². The molecule has 0 heterocycles. The third-order valence-electron chi connectivity index (χ3n) is 4.80. The molecule has 0 saturated heterocycles. The third kappa shape index (κ3) is 6.54. The summed E-state index contributed by atoms with van der Waals surface area (Å²) in [5.74, 6) is -1.16. The average molecular weight is 484 g/mol. The van der Waals surface area contributed by atoms with Crippen molar-refractivity contribution in [2.75, 3.05) is 0 Å². The van der Waals surface area contributed by atoms with Crippen molar-refractivity contribution in [3.63, 3.8) is 0 Å². The predicted molar refractivity (Wildman–Crippen MR) is 117 cm³/mol. The lowest BCUT2D eigenvalue weighted by molar-refractivity contribution is -0.140. The van der Waals surface area contributed by atoms with Crippen LogP contribution >= 0.6 is 27.5 Å². The van der Waals surface area contributed by atoms with E-state index in [0.29, 0.717) is 0 Å². The molecule has 0 saturated carbocycles. The summed E-state index contributed by atoms with van der Waals surface area (Å²) in [6, 6.07) is 11.1. The molecule has 0 bridgehead atoms. The Hall–Kier alpha value is -1.92. The summed E-state index contributed by atoms with van der Waals surface area (Å²) in [7, 11) is 0. The minimum atomic E-state index is -0.721. The highest BCUT2D eigenvalue weighted by Crippen LogP contribution is 2.22. The fraction of sp³-hybridized carbons (Fsp3) is 0.364. The van der Waals surface area contributed by atoms with Crippen molar-refractivity contribution in [2.45, 2.75) is 52.2 Å². The first kappa shape index (κ1) is 23.4. The van der Waals surface area contributed by atoms with E-state index in [2.05, 4.69) is 21.2 Å². The van der Waals surface area contributed by atoms with Crippen molar-refractivity contribution in [1.29, 1.82) is 0 Å². The van der Waals surface area contributed by atoms with Crippen LogP contribution in [0.25, 0.3) is 0 Å². The van der Waals surface area contributed by atoms with Gasteiger partial charge >= 0.3 is 0 Å². The minimum absolute atomic E-state index is 0.00576. The molecule has 0 spiro atoms. The minimum Gasteiger partial charge on any atom is -0.352 e. The fourth-order valence-corrected chi connectivity index (χ4v) is 3.51. The van der Waals surface area contributed by atoms with Crippen molar-refractivity contribution >= 4 is 39.3 Å². The lowest BCUT2D eigenvalue weighted by Gasteiger charge is -2.30. The molecule has 156 valence electrons. The van der Waals surface area contributed by atoms with Crippen molar-refractivity contribution in [2.24, 2.45) is 0 Å². The lowest BCUT2D eigenvalue weighted by atomic mass is 10.1. The molecular weight excluding hydrogens is 459 g/mol. The van der Waals surface area contributed by atoms with Crippen LogP contribution in [0, 0.1) is 5.82 Å². The first-order valence-electron chi connectivity index (χ1n) is 9.50. The highest BCUT2D eigenvalue weighted by atomic mass is 79.9. The predicted octanol–water partition coefficient (Wildman–Crippen LogP) is 5.12. The maximum atomic E-state index is 14.2. The molecule has 2 aromatic carbocycles. The zero-order valence-electron chi connectivity index (χ0n) is 16.7. The Balaban J connectivity index is 2.29. The quantitative estimate of drug-likeness (QED) is 0.567. The maximum Gasteiger partial charge on any atom is 0.242 e. The Bertz CT molecular complexity index is 857. The summed E-state index contributed by atoms with van der Waals surface area (Å²) < 4.78 is 15.1. The fourth-order valence-electron chi connectivity index (χ4n) is 2.83. The second-order valence-corrected chi connectivity index (χ2v) is 8.35. The summed E-state index contributed by atoms with van der Waals surface area (Å²) >= 11 is 9.51. The van der Waals surface area contributed by atoms with Crippen molar-refractivity contribution in [3.05, 3.63) is 68.9 Å². The molecule has 2 rings (SSSR count). The normalized spacial score (nSPS) is 12.9. The molecule has 4 nitrogen and oxygen atoms in total. The van der Waals surface area contributed by atoms with E-state index in [0.717, 1.165) is 16.5 Å². The average Bonchev–Trinajstić information content (AvgIpc) is 2.68. The zero-order valence-corrected chi connectivity index (χ0v) is 19.1. The van der Waals surface area contributed by atoms with Crippen LogP contribution in [0.5, 0.6) is 0 Å². The van der Waals surface area contributed by atoms with E-state index < -0.39 is 11.9 Å². The zero-order chi connectivity index (χ0) is 21.6. The molecule has 0 aromatic heterocycles. The highest BCUT2D eigenvalue weighted by Gasteiger charge is 2.28. The van der Waals surface area contributed by atoms with Gasteiger partial charge < -0.3 is 10.2 Å². The third-order valence-corrected chi connectivity index (χ3v) is 5.65. The molecule has 7 heteroatoms. The Morgan fingerprint density at radius 2 is 1.90 bits per heavy atom. The number of hydrogen-bond acceptors (Lipinski definition) is 2. The first-order valence-corrected chi connectivity index (χ1v) is 10.7. The molecule has 2 unspecified atom stereocenters. The Labute approximate surface area is 184 Å². The number of carbonyl (C=O) groups is 2. The molecule has 0 aliphatic rings. The van der Waals surface area contributed by atoms with E-state index in [-0.39, 0.29) is 41.4 Å². The molecule has 2 aromatic rings. The van der Waals surface area contributed by atoms with Crippen LogP contribution in [0.4, 0.5) is 4.39 Å². The Kier molecular flexibility index (Phi) is 8.65. The molecule has 0 aliphatic carbocycles. The molecule has 1 N–H and O–H groups in total. The molecule has 29 heavy (non-hydrogen) atoms. The molecule has 0 fully saturated rings. The van der Waals surface area contributed by atoms with Gasteiger partial charge in [-0.05, 0) is 50.1 Å². The standard InChI is InChI=1S/C22H25BrClFN2O2/c1-4-14(2)26-22(29)15(3)27(13-16-7-5-8-17(23)11-16)21(28)12-18-19(24)9-6-10-20(18)25/h5-11,14-15H,4,12-13H2,1-3H3,(H,26,29). The number of carbonyl (C=O) groups excluding carboxylic acids is 2. The summed E-state index contributed by atoms with van der Waals surface area (Å²) in [4.78, 5) is 27.3. The smallest absolute Gasteiger partial charge is 0.242 e. The van der Waals surface area contributed by atoms with Gasteiger partial charge in [0.1, 0.15) is 11.9 Å². The number of benzene rings is 2. The molecule has 2 amide bonds. The number of hydrogen-bond donors (Lipinski definition) is 1. The van der Waals surface area contributed by atoms with Gasteiger partial charge in [0.25, 0.3) is 0 Å². The number of amides is 2. The summed E-state index contributed by atoms with van der Waals surface area (Å²) in [5, 5.41) is 3.10. The monoisotopic (exact) mass is 482 g/mol. The second-order valence-electron chi connectivity index (χ2n) is 7.02. The Morgan fingerprint density at radius 3 is 2.52 bits per heavy atom. The first-order chi connectivity index (χ1) is 13.7. The van der Waals surface area contributed by atoms with Gasteiger partial charge in [0.2, 0.25) is 11.8 Å². The topological polar surface area (TPSA) is 49.4 Å². The maximum absolute atomic E-state index is 14.2. The van der Waals surface area contributed by atoms with Crippen LogP contribution in [0.3, 0.4) is 0 Å². The van der Waals surface area contributed by atoms with Crippen molar-refractivity contribution < 1.29 is 14.0 Å². The van der Waals surface area contributed by atoms with Crippen molar-refractivity contribution in [1.82, 2.24) is 10.2 Å². The van der Waals surface area contributed by atoms with Crippen LogP contribution in [-0.4, -0.2) is 28.8 Å². The second kappa shape index (κ2) is 10.7. The molecular formula is C22H25BrClFN2O2. The molecule has 0 aliphatic heterocycles. The van der Waals surface area contributed by atoms with Gasteiger partial charge in [0.05, 0.1) is 6.42 Å². The van der Waals surface area contributed by atoms with E-state index >= 15 is 0 Å². The Morgan fingerprint density at radius 1 is 1.21 bits per heavy atom. The molecule has 0 radical (unpaired) electrons. The van der Waals surface area contributed by atoms with E-state index in [1.165, 1.54) is 17.0 Å². The largest absolute Gasteiger partial charge is 0.352 e. The van der Waals surface area contributed by atoms with Gasteiger partial charge in [-0.3, -0.25) is 9.59 Å². The highest BCUT2D eigenvalue weighted by molar-refractivity contribution is 9.10. The number of nitrogens with zero attached hydrogens (tertiary/aromatic N) is 1. The molecule has 2 atom stereocenters. The van der Waals surface area contributed by atoms with Gasteiger partial charge in [-0.2, -0.15) is 0 Å². The van der Waals surface area contributed by atoms with Crippen molar-refractivity contribution in [3.8, 4) is 0 Å². The van der Waals surface area contributed by atoms with Gasteiger partial charge in [-0.25, -0.2) is 4.39 Å². The number of rotatable bonds is 8. The van der Waals surface area contributed by atoms with E-state index in [1.54, 1.807) is 13.0 Å². The van der Waals surface area contributed by atoms with Gasteiger partial charge in [0.15, 0.2) is 0 Å². The van der Waals surface area contributed by atoms with Crippen LogP contribution in [-0.2, 0) is 22.6 Å². The SMILES string of the molecule is CCC(C)NC(=O)C(C)N(Cc1cccc(Br)c1)C(=O)Cc1c(F)cccc1Cl. The summed E-state index contributed by atoms with van der Waals surface area (Å²) in [6.07, 6.45) is 0.559. The van der Waals surface area contributed by atoms with Gasteiger partial charge in [-0.15, -0.1) is 0 Å². The number of nitrogens with one attached hydrogen (secondary N) is 1. The van der Waals surface area contributed by atoms with E-state index in [9.17, 15) is 14.0 Å². The van der Waals surface area contributed by atoms with Gasteiger partial charge in [-0.1, -0.05) is 52.7 Å². The summed E-state index contributed by atoms with van der Waals surface area (Å²) in [5.41, 5.74) is 0.989.